The molecule has 6 heteroatoms. The van der Waals surface area contributed by atoms with E-state index in [-0.39, 0.29) is 10.9 Å². The third-order valence-electron chi connectivity index (χ3n) is 4.18. The lowest BCUT2D eigenvalue weighted by Crippen LogP contribution is -2.53. The van der Waals surface area contributed by atoms with Crippen LogP contribution in [0.4, 0.5) is 0 Å². The van der Waals surface area contributed by atoms with E-state index in [1.807, 2.05) is 6.92 Å². The van der Waals surface area contributed by atoms with Crippen molar-refractivity contribution in [3.05, 3.63) is 0 Å². The molecule has 0 bridgehead atoms. The molecular formula is C12H24N2O3S. The molecular weight excluding hydrogens is 252 g/mol. The van der Waals surface area contributed by atoms with Crippen LogP contribution in [-0.2, 0) is 14.8 Å². The van der Waals surface area contributed by atoms with Crippen molar-refractivity contribution in [3.63, 3.8) is 0 Å². The third-order valence-corrected chi connectivity index (χ3v) is 6.53. The van der Waals surface area contributed by atoms with E-state index in [0.29, 0.717) is 13.1 Å². The van der Waals surface area contributed by atoms with E-state index >= 15 is 0 Å². The summed E-state index contributed by atoms with van der Waals surface area (Å²) in [6.07, 6.45) is 3.27. The first-order chi connectivity index (χ1) is 8.48. The maximum absolute atomic E-state index is 12.6. The molecule has 0 amide bonds. The van der Waals surface area contributed by atoms with Gasteiger partial charge in [0, 0.05) is 20.2 Å². The van der Waals surface area contributed by atoms with Crippen molar-refractivity contribution in [1.82, 2.24) is 9.62 Å². The van der Waals surface area contributed by atoms with Crippen LogP contribution in [0.25, 0.3) is 0 Å². The Balaban J connectivity index is 2.09. The molecule has 0 spiro atoms. The second-order valence-electron chi connectivity index (χ2n) is 5.59. The van der Waals surface area contributed by atoms with E-state index in [4.69, 9.17) is 4.74 Å². The van der Waals surface area contributed by atoms with Gasteiger partial charge in [0.15, 0.2) is 0 Å². The molecule has 0 aromatic heterocycles. The average Bonchev–Trinajstić information content (AvgIpc) is 2.40. The molecule has 1 atom stereocenters. The van der Waals surface area contributed by atoms with Gasteiger partial charge in [-0.3, -0.25) is 0 Å². The van der Waals surface area contributed by atoms with Crippen molar-refractivity contribution in [2.45, 2.75) is 43.5 Å². The summed E-state index contributed by atoms with van der Waals surface area (Å²) < 4.78 is 32.3. The topological polar surface area (TPSA) is 58.6 Å². The van der Waals surface area contributed by atoms with Gasteiger partial charge in [-0.15, -0.1) is 0 Å². The van der Waals surface area contributed by atoms with E-state index in [9.17, 15) is 8.42 Å². The van der Waals surface area contributed by atoms with Crippen LogP contribution in [0.2, 0.25) is 0 Å². The van der Waals surface area contributed by atoms with Crippen molar-refractivity contribution >= 4 is 10.0 Å². The zero-order valence-electron chi connectivity index (χ0n) is 11.3. The molecule has 2 fully saturated rings. The molecule has 2 heterocycles. The first-order valence-electron chi connectivity index (χ1n) is 6.73. The molecule has 0 radical (unpaired) electrons. The summed E-state index contributed by atoms with van der Waals surface area (Å²) in [6, 6.07) is 0. The fourth-order valence-electron chi connectivity index (χ4n) is 2.85. The van der Waals surface area contributed by atoms with E-state index in [0.717, 1.165) is 38.8 Å². The highest BCUT2D eigenvalue weighted by Crippen LogP contribution is 2.28. The minimum Gasteiger partial charge on any atom is -0.377 e. The molecule has 1 unspecified atom stereocenters. The SMILES string of the molecule is COC1(C)CCCN(S(=O)(=O)C2CCNCC2)C1. The minimum absolute atomic E-state index is 0.210. The molecule has 0 aliphatic carbocycles. The fourth-order valence-corrected chi connectivity index (χ4v) is 4.94. The van der Waals surface area contributed by atoms with Crippen LogP contribution in [0.5, 0.6) is 0 Å². The van der Waals surface area contributed by atoms with Gasteiger partial charge in [-0.1, -0.05) is 0 Å². The molecule has 0 saturated carbocycles. The highest BCUT2D eigenvalue weighted by Gasteiger charge is 2.40. The van der Waals surface area contributed by atoms with Crippen LogP contribution >= 0.6 is 0 Å². The standard InChI is InChI=1S/C12H24N2O3S/c1-12(17-2)6-3-9-14(10-12)18(15,16)11-4-7-13-8-5-11/h11,13H,3-10H2,1-2H3. The first-order valence-corrected chi connectivity index (χ1v) is 8.23. The summed E-state index contributed by atoms with van der Waals surface area (Å²) in [7, 11) is -1.49. The number of nitrogens with zero attached hydrogens (tertiary/aromatic N) is 1. The van der Waals surface area contributed by atoms with Gasteiger partial charge < -0.3 is 10.1 Å². The number of nitrogens with one attached hydrogen (secondary N) is 1. The van der Waals surface area contributed by atoms with Gasteiger partial charge in [-0.05, 0) is 45.7 Å². The second-order valence-corrected chi connectivity index (χ2v) is 7.80. The van der Waals surface area contributed by atoms with Gasteiger partial charge in [0.05, 0.1) is 10.9 Å². The molecule has 2 rings (SSSR count). The van der Waals surface area contributed by atoms with Crippen molar-refractivity contribution in [2.24, 2.45) is 0 Å². The number of ether oxygens (including phenoxy) is 1. The van der Waals surface area contributed by atoms with Crippen LogP contribution in [-0.4, -0.2) is 56.9 Å². The van der Waals surface area contributed by atoms with Gasteiger partial charge in [0.25, 0.3) is 0 Å². The third kappa shape index (κ3) is 2.87. The summed E-state index contributed by atoms with van der Waals surface area (Å²) in [5.41, 5.74) is -0.321. The first kappa shape index (κ1) is 14.2. The Bertz CT molecular complexity index is 379. The summed E-state index contributed by atoms with van der Waals surface area (Å²) >= 11 is 0. The predicted molar refractivity (Wildman–Crippen MR) is 71.0 cm³/mol. The highest BCUT2D eigenvalue weighted by atomic mass is 32.2. The molecule has 0 aromatic rings. The molecule has 1 N–H and O–H groups in total. The van der Waals surface area contributed by atoms with Gasteiger partial charge in [-0.2, -0.15) is 4.31 Å². The number of hydrogen-bond acceptors (Lipinski definition) is 4. The molecule has 106 valence electrons. The molecule has 2 aliphatic rings. The molecule has 18 heavy (non-hydrogen) atoms. The Labute approximate surface area is 110 Å². The fraction of sp³-hybridized carbons (Fsp3) is 1.00. The zero-order valence-corrected chi connectivity index (χ0v) is 12.1. The van der Waals surface area contributed by atoms with Crippen molar-refractivity contribution < 1.29 is 13.2 Å². The quantitative estimate of drug-likeness (QED) is 0.819. The Morgan fingerprint density at radius 1 is 1.33 bits per heavy atom. The smallest absolute Gasteiger partial charge is 0.217 e. The Kier molecular flexibility index (Phi) is 4.31. The Morgan fingerprint density at radius 2 is 2.00 bits per heavy atom. The number of piperidine rings is 2. The molecule has 2 saturated heterocycles. The minimum atomic E-state index is -3.15. The summed E-state index contributed by atoms with van der Waals surface area (Å²) in [4.78, 5) is 0. The number of rotatable bonds is 3. The van der Waals surface area contributed by atoms with Crippen molar-refractivity contribution in [1.29, 1.82) is 0 Å². The number of methoxy groups -OCH3 is 1. The normalized spacial score (nSPS) is 32.6. The van der Waals surface area contributed by atoms with Crippen LogP contribution in [0, 0.1) is 0 Å². The van der Waals surface area contributed by atoms with Gasteiger partial charge in [0.2, 0.25) is 10.0 Å². The van der Waals surface area contributed by atoms with Gasteiger partial charge in [-0.25, -0.2) is 8.42 Å². The zero-order chi connectivity index (χ0) is 13.2. The van der Waals surface area contributed by atoms with E-state index in [1.165, 1.54) is 0 Å². The molecule has 2 aliphatic heterocycles. The van der Waals surface area contributed by atoms with Gasteiger partial charge >= 0.3 is 0 Å². The number of sulfonamides is 1. The lowest BCUT2D eigenvalue weighted by molar-refractivity contribution is -0.0321. The van der Waals surface area contributed by atoms with E-state index in [1.54, 1.807) is 11.4 Å². The van der Waals surface area contributed by atoms with E-state index in [2.05, 4.69) is 5.32 Å². The second kappa shape index (κ2) is 5.45. The summed E-state index contributed by atoms with van der Waals surface area (Å²) in [6.45, 7) is 4.75. The van der Waals surface area contributed by atoms with Crippen LogP contribution in [0.3, 0.4) is 0 Å². The average molecular weight is 276 g/mol. The highest BCUT2D eigenvalue weighted by molar-refractivity contribution is 7.89. The number of hydrogen-bond donors (Lipinski definition) is 1. The molecule has 0 aromatic carbocycles. The van der Waals surface area contributed by atoms with Gasteiger partial charge in [0.1, 0.15) is 0 Å². The molecule has 5 nitrogen and oxygen atoms in total. The van der Waals surface area contributed by atoms with Crippen molar-refractivity contribution in [2.75, 3.05) is 33.3 Å². The lowest BCUT2D eigenvalue weighted by atomic mass is 9.96. The van der Waals surface area contributed by atoms with E-state index < -0.39 is 10.0 Å². The van der Waals surface area contributed by atoms with Crippen LogP contribution in [0.1, 0.15) is 32.6 Å². The Hall–Kier alpha value is -0.170. The lowest BCUT2D eigenvalue weighted by Gasteiger charge is -2.40. The largest absolute Gasteiger partial charge is 0.377 e. The van der Waals surface area contributed by atoms with Crippen LogP contribution in [0.15, 0.2) is 0 Å². The maximum Gasteiger partial charge on any atom is 0.217 e. The summed E-state index contributed by atoms with van der Waals surface area (Å²) in [5, 5.41) is 3.00. The summed E-state index contributed by atoms with van der Waals surface area (Å²) in [5.74, 6) is 0. The maximum atomic E-state index is 12.6. The monoisotopic (exact) mass is 276 g/mol. The van der Waals surface area contributed by atoms with Crippen molar-refractivity contribution in [3.8, 4) is 0 Å². The predicted octanol–water partition coefficient (Wildman–Crippen LogP) is 0.569. The Morgan fingerprint density at radius 3 is 2.61 bits per heavy atom. The van der Waals surface area contributed by atoms with Crippen LogP contribution < -0.4 is 5.32 Å².